The Hall–Kier alpha value is -1.06. The third kappa shape index (κ3) is 1.98. The van der Waals surface area contributed by atoms with Gasteiger partial charge in [-0.05, 0) is 18.2 Å². The summed E-state index contributed by atoms with van der Waals surface area (Å²) in [5.41, 5.74) is 1.01. The summed E-state index contributed by atoms with van der Waals surface area (Å²) < 4.78 is 15.0. The first-order chi connectivity index (χ1) is 7.22. The first-order valence-electron chi connectivity index (χ1n) is 4.27. The molecule has 2 rings (SSSR count). The summed E-state index contributed by atoms with van der Waals surface area (Å²) in [6.07, 6.45) is 1.65. The molecule has 0 bridgehead atoms. The largest absolute Gasteiger partial charge is 0.238 e. The molecule has 2 aromatic rings. The molecule has 5 heteroatoms. The van der Waals surface area contributed by atoms with Crippen molar-refractivity contribution >= 4 is 23.2 Å². The fourth-order valence-corrected chi connectivity index (χ4v) is 1.55. The summed E-state index contributed by atoms with van der Waals surface area (Å²) in [5.74, 6) is -0.182. The van der Waals surface area contributed by atoms with Crippen LogP contribution in [0.2, 0.25) is 5.02 Å². The van der Waals surface area contributed by atoms with E-state index in [1.807, 2.05) is 0 Å². The van der Waals surface area contributed by atoms with Gasteiger partial charge in [-0.15, -0.1) is 11.6 Å². The summed E-state index contributed by atoms with van der Waals surface area (Å²) >= 11 is 11.3. The van der Waals surface area contributed by atoms with Crippen LogP contribution in [0.3, 0.4) is 0 Å². The van der Waals surface area contributed by atoms with E-state index in [0.29, 0.717) is 17.3 Å². The molecule has 0 radical (unpaired) electrons. The molecular formula is C10H7Cl2FN2. The van der Waals surface area contributed by atoms with Crippen LogP contribution in [-0.2, 0) is 5.88 Å². The number of benzene rings is 1. The predicted octanol–water partition coefficient (Wildman–Crippen LogP) is 3.40. The lowest BCUT2D eigenvalue weighted by Gasteiger charge is -2.03. The fourth-order valence-electron chi connectivity index (χ4n) is 1.24. The van der Waals surface area contributed by atoms with Crippen LogP contribution < -0.4 is 0 Å². The monoisotopic (exact) mass is 244 g/mol. The van der Waals surface area contributed by atoms with Crippen molar-refractivity contribution in [1.82, 2.24) is 9.78 Å². The van der Waals surface area contributed by atoms with Gasteiger partial charge in [-0.25, -0.2) is 9.07 Å². The maximum atomic E-state index is 13.6. The molecule has 0 saturated carbocycles. The SMILES string of the molecule is Fc1c(Cl)cccc1-n1ccc(CCl)n1. The predicted molar refractivity (Wildman–Crippen MR) is 58.1 cm³/mol. The summed E-state index contributed by atoms with van der Waals surface area (Å²) in [6, 6.07) is 6.49. The van der Waals surface area contributed by atoms with Crippen molar-refractivity contribution in [3.63, 3.8) is 0 Å². The molecule has 0 aliphatic heterocycles. The smallest absolute Gasteiger partial charge is 0.167 e. The molecule has 2 nitrogen and oxygen atoms in total. The van der Waals surface area contributed by atoms with Gasteiger partial charge in [0, 0.05) is 6.20 Å². The number of hydrogen-bond acceptors (Lipinski definition) is 1. The van der Waals surface area contributed by atoms with Crippen LogP contribution in [0.25, 0.3) is 5.69 Å². The van der Waals surface area contributed by atoms with Crippen molar-refractivity contribution in [1.29, 1.82) is 0 Å². The fraction of sp³-hybridized carbons (Fsp3) is 0.100. The minimum Gasteiger partial charge on any atom is -0.238 e. The van der Waals surface area contributed by atoms with Gasteiger partial charge < -0.3 is 0 Å². The standard InChI is InChI=1S/C10H7Cl2FN2/c11-6-7-4-5-15(14-7)9-3-1-2-8(12)10(9)13/h1-5H,6H2. The first-order valence-corrected chi connectivity index (χ1v) is 5.18. The number of aromatic nitrogens is 2. The van der Waals surface area contributed by atoms with Crippen LogP contribution in [0, 0.1) is 5.82 Å². The number of alkyl halides is 1. The van der Waals surface area contributed by atoms with E-state index >= 15 is 0 Å². The van der Waals surface area contributed by atoms with E-state index in [0.717, 1.165) is 0 Å². The molecule has 0 N–H and O–H groups in total. The van der Waals surface area contributed by atoms with Crippen molar-refractivity contribution in [2.75, 3.05) is 0 Å². The van der Waals surface area contributed by atoms with Crippen molar-refractivity contribution in [3.05, 3.63) is 47.0 Å². The van der Waals surface area contributed by atoms with Gasteiger partial charge in [0.25, 0.3) is 0 Å². The Kier molecular flexibility index (Phi) is 2.93. The van der Waals surface area contributed by atoms with Gasteiger partial charge in [0.2, 0.25) is 0 Å². The Labute approximate surface area is 96.2 Å². The number of hydrogen-bond donors (Lipinski definition) is 0. The van der Waals surface area contributed by atoms with E-state index in [1.54, 1.807) is 24.4 Å². The highest BCUT2D eigenvalue weighted by atomic mass is 35.5. The molecule has 0 atom stereocenters. The van der Waals surface area contributed by atoms with Gasteiger partial charge in [-0.1, -0.05) is 17.7 Å². The van der Waals surface area contributed by atoms with Gasteiger partial charge in [-0.3, -0.25) is 0 Å². The van der Waals surface area contributed by atoms with Gasteiger partial charge >= 0.3 is 0 Å². The lowest BCUT2D eigenvalue weighted by Crippen LogP contribution is -1.99. The zero-order valence-corrected chi connectivity index (χ0v) is 9.13. The second-order valence-electron chi connectivity index (χ2n) is 2.96. The van der Waals surface area contributed by atoms with Crippen molar-refractivity contribution < 1.29 is 4.39 Å². The molecular weight excluding hydrogens is 238 g/mol. The van der Waals surface area contributed by atoms with Crippen LogP contribution in [0.1, 0.15) is 5.69 Å². The summed E-state index contributed by atoms with van der Waals surface area (Å²) in [7, 11) is 0. The molecule has 1 heterocycles. The van der Waals surface area contributed by atoms with E-state index in [1.165, 1.54) is 10.7 Å². The average Bonchev–Trinajstić information content (AvgIpc) is 2.70. The zero-order valence-electron chi connectivity index (χ0n) is 7.62. The number of rotatable bonds is 2. The van der Waals surface area contributed by atoms with Crippen LogP contribution >= 0.6 is 23.2 Å². The Morgan fingerprint density at radius 1 is 1.33 bits per heavy atom. The van der Waals surface area contributed by atoms with E-state index in [-0.39, 0.29) is 5.02 Å². The minimum absolute atomic E-state index is 0.0791. The van der Waals surface area contributed by atoms with Gasteiger partial charge in [-0.2, -0.15) is 5.10 Å². The van der Waals surface area contributed by atoms with Crippen LogP contribution in [0.15, 0.2) is 30.5 Å². The lowest BCUT2D eigenvalue weighted by molar-refractivity contribution is 0.610. The van der Waals surface area contributed by atoms with Crippen molar-refractivity contribution in [2.24, 2.45) is 0 Å². The Morgan fingerprint density at radius 3 is 2.80 bits per heavy atom. The lowest BCUT2D eigenvalue weighted by atomic mass is 10.3. The van der Waals surface area contributed by atoms with E-state index in [2.05, 4.69) is 5.10 Å². The second-order valence-corrected chi connectivity index (χ2v) is 3.63. The second kappa shape index (κ2) is 4.21. The van der Waals surface area contributed by atoms with E-state index in [9.17, 15) is 4.39 Å². The van der Waals surface area contributed by atoms with Gasteiger partial charge in [0.05, 0.1) is 16.6 Å². The van der Waals surface area contributed by atoms with E-state index in [4.69, 9.17) is 23.2 Å². The molecule has 0 spiro atoms. The molecule has 0 fully saturated rings. The normalized spacial score (nSPS) is 10.6. The summed E-state index contributed by atoms with van der Waals surface area (Å²) in [6.45, 7) is 0. The Balaban J connectivity index is 2.49. The average molecular weight is 245 g/mol. The zero-order chi connectivity index (χ0) is 10.8. The van der Waals surface area contributed by atoms with Crippen molar-refractivity contribution in [3.8, 4) is 5.69 Å². The van der Waals surface area contributed by atoms with Crippen LogP contribution in [0.5, 0.6) is 0 Å². The molecule has 0 aliphatic rings. The third-order valence-corrected chi connectivity index (χ3v) is 2.52. The van der Waals surface area contributed by atoms with Crippen LogP contribution in [0.4, 0.5) is 4.39 Å². The summed E-state index contributed by atoms with van der Waals surface area (Å²) in [4.78, 5) is 0. The number of halogens is 3. The molecule has 0 aliphatic carbocycles. The highest BCUT2D eigenvalue weighted by Crippen LogP contribution is 2.20. The highest BCUT2D eigenvalue weighted by Gasteiger charge is 2.08. The van der Waals surface area contributed by atoms with Gasteiger partial charge in [0.15, 0.2) is 5.82 Å². The molecule has 0 unspecified atom stereocenters. The maximum absolute atomic E-state index is 13.6. The maximum Gasteiger partial charge on any atom is 0.167 e. The Bertz CT molecular complexity index is 482. The third-order valence-electron chi connectivity index (χ3n) is 1.96. The topological polar surface area (TPSA) is 17.8 Å². The molecule has 15 heavy (non-hydrogen) atoms. The highest BCUT2D eigenvalue weighted by molar-refractivity contribution is 6.30. The van der Waals surface area contributed by atoms with Gasteiger partial charge in [0.1, 0.15) is 5.69 Å². The Morgan fingerprint density at radius 2 is 2.13 bits per heavy atom. The molecule has 1 aromatic carbocycles. The van der Waals surface area contributed by atoms with Crippen molar-refractivity contribution in [2.45, 2.75) is 5.88 Å². The quantitative estimate of drug-likeness (QED) is 0.741. The first kappa shape index (κ1) is 10.5. The van der Waals surface area contributed by atoms with E-state index < -0.39 is 5.82 Å². The number of nitrogens with zero attached hydrogens (tertiary/aromatic N) is 2. The van der Waals surface area contributed by atoms with Crippen LogP contribution in [-0.4, -0.2) is 9.78 Å². The molecule has 1 aromatic heterocycles. The molecule has 0 saturated heterocycles. The molecule has 0 amide bonds. The minimum atomic E-state index is -0.483. The summed E-state index contributed by atoms with van der Waals surface area (Å²) in [5, 5.41) is 4.17. The molecule has 78 valence electrons.